The molecule has 0 saturated heterocycles. The van der Waals surface area contributed by atoms with E-state index in [2.05, 4.69) is 0 Å². The minimum atomic E-state index is -0.864. The third kappa shape index (κ3) is 2.31. The summed E-state index contributed by atoms with van der Waals surface area (Å²) in [5, 5.41) is 10.8. The second-order valence-corrected chi connectivity index (χ2v) is 4.22. The number of benzene rings is 1. The van der Waals surface area contributed by atoms with Gasteiger partial charge in [0.1, 0.15) is 5.76 Å². The first kappa shape index (κ1) is 11.7. The quantitative estimate of drug-likeness (QED) is 0.849. The zero-order chi connectivity index (χ0) is 12.4. The van der Waals surface area contributed by atoms with Gasteiger partial charge in [-0.1, -0.05) is 17.7 Å². The molecule has 0 spiro atoms. The maximum absolute atomic E-state index is 10.8. The summed E-state index contributed by atoms with van der Waals surface area (Å²) in [4.78, 5) is 10.8. The fourth-order valence-corrected chi connectivity index (χ4v) is 2.00. The van der Waals surface area contributed by atoms with Gasteiger partial charge in [0.05, 0.1) is 12.7 Å². The van der Waals surface area contributed by atoms with Gasteiger partial charge in [-0.05, 0) is 13.0 Å². The number of rotatable bonds is 4. The highest BCUT2D eigenvalue weighted by Crippen LogP contribution is 2.29. The molecule has 0 aliphatic rings. The summed E-state index contributed by atoms with van der Waals surface area (Å²) < 4.78 is 5.48. The van der Waals surface area contributed by atoms with Crippen molar-refractivity contribution in [3.05, 3.63) is 35.8 Å². The Bertz CT molecular complexity index is 545. The summed E-state index contributed by atoms with van der Waals surface area (Å²) in [5.41, 5.74) is 6.76. The predicted molar refractivity (Wildman–Crippen MR) is 65.0 cm³/mol. The third-order valence-electron chi connectivity index (χ3n) is 2.86. The first-order valence-corrected chi connectivity index (χ1v) is 5.51. The minimum absolute atomic E-state index is 0.00695. The topological polar surface area (TPSA) is 76.5 Å². The molecule has 0 amide bonds. The Morgan fingerprint density at radius 1 is 1.53 bits per heavy atom. The Hall–Kier alpha value is -1.81. The summed E-state index contributed by atoms with van der Waals surface area (Å²) in [6.45, 7) is 2.27. The second kappa shape index (κ2) is 4.59. The van der Waals surface area contributed by atoms with E-state index >= 15 is 0 Å². The Morgan fingerprint density at radius 3 is 2.94 bits per heavy atom. The van der Waals surface area contributed by atoms with E-state index < -0.39 is 5.97 Å². The van der Waals surface area contributed by atoms with E-state index in [0.29, 0.717) is 5.76 Å². The van der Waals surface area contributed by atoms with Gasteiger partial charge in [0, 0.05) is 23.2 Å². The van der Waals surface area contributed by atoms with Crippen LogP contribution < -0.4 is 5.73 Å². The van der Waals surface area contributed by atoms with Crippen molar-refractivity contribution in [3.63, 3.8) is 0 Å². The molecule has 0 aliphatic carbocycles. The van der Waals surface area contributed by atoms with Gasteiger partial charge in [-0.25, -0.2) is 0 Å². The standard InChI is InChI=1S/C13H15NO3/c1-8-2-3-11-10(4-8)7-17-13(11)9(6-14)5-12(15)16/h2-4,7,9H,5-6,14H2,1H3,(H,15,16). The Morgan fingerprint density at radius 2 is 2.29 bits per heavy atom. The molecular formula is C13H15NO3. The van der Waals surface area contributed by atoms with Crippen molar-refractivity contribution in [3.8, 4) is 0 Å². The van der Waals surface area contributed by atoms with Gasteiger partial charge in [0.15, 0.2) is 0 Å². The minimum Gasteiger partial charge on any atom is -0.481 e. The number of hydrogen-bond donors (Lipinski definition) is 2. The Labute approximate surface area is 99.0 Å². The van der Waals surface area contributed by atoms with Crippen LogP contribution >= 0.6 is 0 Å². The predicted octanol–water partition coefficient (Wildman–Crippen LogP) is 2.26. The van der Waals surface area contributed by atoms with Gasteiger partial charge in [0.2, 0.25) is 0 Å². The number of aliphatic carboxylic acids is 1. The molecule has 17 heavy (non-hydrogen) atoms. The van der Waals surface area contributed by atoms with E-state index in [0.717, 1.165) is 16.3 Å². The molecule has 2 rings (SSSR count). The van der Waals surface area contributed by atoms with E-state index in [9.17, 15) is 4.79 Å². The lowest BCUT2D eigenvalue weighted by molar-refractivity contribution is -0.137. The van der Waals surface area contributed by atoms with Crippen LogP contribution in [0.4, 0.5) is 0 Å². The number of carboxylic acids is 1. The van der Waals surface area contributed by atoms with Crippen molar-refractivity contribution in [2.45, 2.75) is 19.3 Å². The molecule has 4 heteroatoms. The van der Waals surface area contributed by atoms with Gasteiger partial charge in [-0.3, -0.25) is 4.79 Å². The average molecular weight is 233 g/mol. The third-order valence-corrected chi connectivity index (χ3v) is 2.86. The lowest BCUT2D eigenvalue weighted by Crippen LogP contribution is -2.15. The van der Waals surface area contributed by atoms with Crippen LogP contribution in [0.2, 0.25) is 0 Å². The van der Waals surface area contributed by atoms with Crippen LogP contribution in [-0.2, 0) is 4.79 Å². The van der Waals surface area contributed by atoms with Gasteiger partial charge < -0.3 is 15.3 Å². The molecule has 0 aliphatic heterocycles. The van der Waals surface area contributed by atoms with Gasteiger partial charge >= 0.3 is 5.97 Å². The smallest absolute Gasteiger partial charge is 0.304 e. The molecule has 0 bridgehead atoms. The highest BCUT2D eigenvalue weighted by atomic mass is 16.4. The van der Waals surface area contributed by atoms with E-state index in [-0.39, 0.29) is 18.9 Å². The molecular weight excluding hydrogens is 218 g/mol. The zero-order valence-corrected chi connectivity index (χ0v) is 9.64. The molecule has 0 radical (unpaired) electrons. The van der Waals surface area contributed by atoms with Crippen LogP contribution in [-0.4, -0.2) is 17.6 Å². The van der Waals surface area contributed by atoms with Crippen molar-refractivity contribution in [1.29, 1.82) is 0 Å². The number of carbonyl (C=O) groups is 1. The highest BCUT2D eigenvalue weighted by Gasteiger charge is 2.19. The first-order valence-electron chi connectivity index (χ1n) is 5.51. The first-order chi connectivity index (χ1) is 8.11. The van der Waals surface area contributed by atoms with Gasteiger partial charge in [-0.2, -0.15) is 0 Å². The Kier molecular flexibility index (Phi) is 3.15. The Balaban J connectivity index is 2.43. The highest BCUT2D eigenvalue weighted by molar-refractivity contribution is 5.85. The van der Waals surface area contributed by atoms with Gasteiger partial charge in [-0.15, -0.1) is 0 Å². The molecule has 0 saturated carbocycles. The molecule has 1 atom stereocenters. The molecule has 2 aromatic rings. The monoisotopic (exact) mass is 233 g/mol. The normalized spacial score (nSPS) is 12.8. The van der Waals surface area contributed by atoms with Crippen LogP contribution in [0.3, 0.4) is 0 Å². The fourth-order valence-electron chi connectivity index (χ4n) is 2.00. The van der Waals surface area contributed by atoms with Crippen molar-refractivity contribution < 1.29 is 14.3 Å². The maximum Gasteiger partial charge on any atom is 0.304 e. The molecule has 4 nitrogen and oxygen atoms in total. The molecule has 3 N–H and O–H groups in total. The largest absolute Gasteiger partial charge is 0.481 e. The lowest BCUT2D eigenvalue weighted by atomic mass is 9.98. The van der Waals surface area contributed by atoms with Crippen molar-refractivity contribution in [2.75, 3.05) is 6.54 Å². The molecule has 1 aromatic heterocycles. The van der Waals surface area contributed by atoms with Crippen LogP contribution in [0, 0.1) is 6.92 Å². The zero-order valence-electron chi connectivity index (χ0n) is 9.64. The van der Waals surface area contributed by atoms with Crippen molar-refractivity contribution in [1.82, 2.24) is 0 Å². The summed E-state index contributed by atoms with van der Waals surface area (Å²) in [6, 6.07) is 5.94. The fraction of sp³-hybridized carbons (Fsp3) is 0.308. The van der Waals surface area contributed by atoms with E-state index in [4.69, 9.17) is 15.3 Å². The van der Waals surface area contributed by atoms with Crippen LogP contribution in [0.25, 0.3) is 10.8 Å². The summed E-state index contributed by atoms with van der Waals surface area (Å²) in [5.74, 6) is -0.463. The number of carboxylic acid groups (broad SMARTS) is 1. The summed E-state index contributed by atoms with van der Waals surface area (Å²) in [6.07, 6.45) is 1.65. The molecule has 90 valence electrons. The molecule has 1 heterocycles. The lowest BCUT2D eigenvalue weighted by Gasteiger charge is -2.09. The number of fused-ring (bicyclic) bond motifs is 1. The van der Waals surface area contributed by atoms with E-state index in [1.807, 2.05) is 25.1 Å². The van der Waals surface area contributed by atoms with E-state index in [1.54, 1.807) is 6.26 Å². The van der Waals surface area contributed by atoms with E-state index in [1.165, 1.54) is 0 Å². The maximum atomic E-state index is 10.8. The number of aryl methyl sites for hydroxylation is 1. The summed E-state index contributed by atoms with van der Waals surface area (Å²) in [7, 11) is 0. The number of hydrogen-bond acceptors (Lipinski definition) is 3. The number of furan rings is 1. The van der Waals surface area contributed by atoms with Gasteiger partial charge in [0.25, 0.3) is 0 Å². The van der Waals surface area contributed by atoms with Crippen LogP contribution in [0.15, 0.2) is 28.9 Å². The van der Waals surface area contributed by atoms with Crippen molar-refractivity contribution in [2.24, 2.45) is 5.73 Å². The average Bonchev–Trinajstić information content (AvgIpc) is 2.68. The molecule has 1 aromatic carbocycles. The molecule has 1 unspecified atom stereocenters. The summed E-state index contributed by atoms with van der Waals surface area (Å²) >= 11 is 0. The number of nitrogens with two attached hydrogens (primary N) is 1. The van der Waals surface area contributed by atoms with Crippen LogP contribution in [0.1, 0.15) is 23.7 Å². The SMILES string of the molecule is Cc1ccc2c(C(CN)CC(=O)O)occ2c1. The molecule has 0 fully saturated rings. The second-order valence-electron chi connectivity index (χ2n) is 4.22. The van der Waals surface area contributed by atoms with Crippen LogP contribution in [0.5, 0.6) is 0 Å². The van der Waals surface area contributed by atoms with Crippen molar-refractivity contribution >= 4 is 16.7 Å².